The molecule has 0 aliphatic rings. The van der Waals surface area contributed by atoms with Gasteiger partial charge in [-0.3, -0.25) is 0 Å². The number of rotatable bonds is 1. The van der Waals surface area contributed by atoms with Crippen LogP contribution >= 0.6 is 23.2 Å². The first-order valence-electron chi connectivity index (χ1n) is 2.71. The number of halogens is 4. The van der Waals surface area contributed by atoms with Crippen molar-refractivity contribution < 1.29 is 8.78 Å². The molecule has 0 amide bonds. The van der Waals surface area contributed by atoms with E-state index in [0.29, 0.717) is 0 Å². The van der Waals surface area contributed by atoms with E-state index in [4.69, 9.17) is 23.2 Å². The molecular weight excluding hydrogens is 195 g/mol. The average Bonchev–Trinajstić information content (AvgIpc) is 1.94. The van der Waals surface area contributed by atoms with Crippen molar-refractivity contribution in [3.63, 3.8) is 0 Å². The molecule has 0 aromatic carbocycles. The minimum absolute atomic E-state index is 0.0182. The van der Waals surface area contributed by atoms with Gasteiger partial charge in [0.15, 0.2) is 0 Å². The van der Waals surface area contributed by atoms with Crippen molar-refractivity contribution in [1.82, 2.24) is 4.98 Å². The van der Waals surface area contributed by atoms with Crippen LogP contribution in [0.5, 0.6) is 0 Å². The molecule has 0 spiro atoms. The second kappa shape index (κ2) is 3.32. The Morgan fingerprint density at radius 2 is 1.91 bits per heavy atom. The molecule has 1 aromatic rings. The van der Waals surface area contributed by atoms with Crippen molar-refractivity contribution in [3.05, 3.63) is 28.0 Å². The highest BCUT2D eigenvalue weighted by atomic mass is 35.5. The summed E-state index contributed by atoms with van der Waals surface area (Å²) in [5, 5.41) is -0.0471. The molecule has 0 atom stereocenters. The molecule has 0 aliphatic heterocycles. The molecule has 0 radical (unpaired) electrons. The minimum Gasteiger partial charge on any atom is -0.234 e. The summed E-state index contributed by atoms with van der Waals surface area (Å²) in [5.74, 6) is 0. The standard InChI is InChI=1S/C6H3Cl2F2N/c7-3-1-2-4(8)11-5(3)6(9)10/h1-2,6H. The van der Waals surface area contributed by atoms with Gasteiger partial charge in [0.05, 0.1) is 5.02 Å². The van der Waals surface area contributed by atoms with E-state index in [1.807, 2.05) is 0 Å². The molecule has 1 aromatic heterocycles. The SMILES string of the molecule is FC(F)c1nc(Cl)ccc1Cl. The van der Waals surface area contributed by atoms with Crippen LogP contribution in [-0.2, 0) is 0 Å². The Hall–Kier alpha value is -0.410. The van der Waals surface area contributed by atoms with Gasteiger partial charge in [-0.15, -0.1) is 0 Å². The zero-order valence-electron chi connectivity index (χ0n) is 5.19. The third kappa shape index (κ3) is 2.01. The van der Waals surface area contributed by atoms with E-state index in [9.17, 15) is 8.78 Å². The van der Waals surface area contributed by atoms with Gasteiger partial charge in [-0.2, -0.15) is 0 Å². The highest BCUT2D eigenvalue weighted by Gasteiger charge is 2.13. The predicted octanol–water partition coefficient (Wildman–Crippen LogP) is 3.33. The number of hydrogen-bond donors (Lipinski definition) is 0. The van der Waals surface area contributed by atoms with Crippen LogP contribution in [0.15, 0.2) is 12.1 Å². The number of pyridine rings is 1. The quantitative estimate of drug-likeness (QED) is 0.630. The van der Waals surface area contributed by atoms with Crippen molar-refractivity contribution in [2.24, 2.45) is 0 Å². The zero-order valence-corrected chi connectivity index (χ0v) is 6.70. The van der Waals surface area contributed by atoms with Crippen molar-refractivity contribution >= 4 is 23.2 Å². The Morgan fingerprint density at radius 3 is 2.36 bits per heavy atom. The molecule has 0 saturated carbocycles. The maximum atomic E-state index is 12.0. The Morgan fingerprint density at radius 1 is 1.27 bits per heavy atom. The van der Waals surface area contributed by atoms with Crippen LogP contribution in [-0.4, -0.2) is 4.98 Å². The van der Waals surface area contributed by atoms with Crippen molar-refractivity contribution in [1.29, 1.82) is 0 Å². The highest BCUT2D eigenvalue weighted by Crippen LogP contribution is 2.25. The van der Waals surface area contributed by atoms with E-state index in [1.54, 1.807) is 0 Å². The zero-order chi connectivity index (χ0) is 8.43. The number of hydrogen-bond acceptors (Lipinski definition) is 1. The van der Waals surface area contributed by atoms with Gasteiger partial charge in [0.25, 0.3) is 6.43 Å². The first-order chi connectivity index (χ1) is 5.11. The summed E-state index contributed by atoms with van der Waals surface area (Å²) in [5.41, 5.74) is -0.473. The lowest BCUT2D eigenvalue weighted by molar-refractivity contribution is 0.146. The van der Waals surface area contributed by atoms with Gasteiger partial charge >= 0.3 is 0 Å². The minimum atomic E-state index is -2.68. The highest BCUT2D eigenvalue weighted by molar-refractivity contribution is 6.32. The number of alkyl halides is 2. The maximum absolute atomic E-state index is 12.0. The smallest absolute Gasteiger partial charge is 0.234 e. The average molecular weight is 198 g/mol. The Bertz CT molecular complexity index is 265. The van der Waals surface area contributed by atoms with E-state index >= 15 is 0 Å². The van der Waals surface area contributed by atoms with E-state index in [-0.39, 0.29) is 10.2 Å². The maximum Gasteiger partial charge on any atom is 0.281 e. The molecule has 0 saturated heterocycles. The molecule has 1 rings (SSSR count). The topological polar surface area (TPSA) is 12.9 Å². The molecule has 1 nitrogen and oxygen atoms in total. The summed E-state index contributed by atoms with van der Waals surface area (Å²) >= 11 is 10.7. The Kier molecular flexibility index (Phi) is 2.62. The van der Waals surface area contributed by atoms with Crippen LogP contribution in [0.4, 0.5) is 8.78 Å². The van der Waals surface area contributed by atoms with Crippen molar-refractivity contribution in [2.45, 2.75) is 6.43 Å². The molecule has 60 valence electrons. The van der Waals surface area contributed by atoms with Gasteiger partial charge in [0.2, 0.25) is 0 Å². The fourth-order valence-electron chi connectivity index (χ4n) is 0.586. The van der Waals surface area contributed by atoms with Gasteiger partial charge in [-0.1, -0.05) is 23.2 Å². The molecule has 0 bridgehead atoms. The Labute approximate surface area is 72.0 Å². The summed E-state index contributed by atoms with van der Waals surface area (Å²) in [6, 6.07) is 2.65. The van der Waals surface area contributed by atoms with Crippen molar-refractivity contribution in [3.8, 4) is 0 Å². The normalized spacial score (nSPS) is 10.6. The first-order valence-corrected chi connectivity index (χ1v) is 3.47. The monoisotopic (exact) mass is 197 g/mol. The van der Waals surface area contributed by atoms with Gasteiger partial charge < -0.3 is 0 Å². The van der Waals surface area contributed by atoms with Crippen molar-refractivity contribution in [2.75, 3.05) is 0 Å². The third-order valence-corrected chi connectivity index (χ3v) is 1.58. The first kappa shape index (κ1) is 8.68. The molecule has 0 aliphatic carbocycles. The molecule has 5 heteroatoms. The van der Waals surface area contributed by atoms with Crippen LogP contribution in [0.2, 0.25) is 10.2 Å². The molecule has 1 heterocycles. The lowest BCUT2D eigenvalue weighted by Crippen LogP contribution is -1.90. The van der Waals surface area contributed by atoms with E-state index in [2.05, 4.69) is 4.98 Å². The summed E-state index contributed by atoms with van der Waals surface area (Å²) in [6.07, 6.45) is -2.68. The summed E-state index contributed by atoms with van der Waals surface area (Å²) in [7, 11) is 0. The van der Waals surface area contributed by atoms with E-state index < -0.39 is 12.1 Å². The van der Waals surface area contributed by atoms with Crippen LogP contribution in [0, 0.1) is 0 Å². The lowest BCUT2D eigenvalue weighted by Gasteiger charge is -2.00. The fraction of sp³-hybridized carbons (Fsp3) is 0.167. The van der Waals surface area contributed by atoms with Crippen LogP contribution in [0.25, 0.3) is 0 Å². The van der Waals surface area contributed by atoms with Gasteiger partial charge in [0, 0.05) is 0 Å². The molecule has 11 heavy (non-hydrogen) atoms. The summed E-state index contributed by atoms with van der Waals surface area (Å²) in [4.78, 5) is 3.36. The van der Waals surface area contributed by atoms with Gasteiger partial charge in [-0.05, 0) is 12.1 Å². The van der Waals surface area contributed by atoms with Gasteiger partial charge in [-0.25, -0.2) is 13.8 Å². The van der Waals surface area contributed by atoms with Gasteiger partial charge in [0.1, 0.15) is 10.8 Å². The predicted molar refractivity (Wildman–Crippen MR) is 39.2 cm³/mol. The van der Waals surface area contributed by atoms with E-state index in [0.717, 1.165) is 0 Å². The van der Waals surface area contributed by atoms with Crippen LogP contribution in [0.3, 0.4) is 0 Å². The lowest BCUT2D eigenvalue weighted by atomic mass is 10.4. The largest absolute Gasteiger partial charge is 0.281 e. The molecule has 0 fully saturated rings. The molecule has 0 unspecified atom stereocenters. The summed E-state index contributed by atoms with van der Waals surface area (Å²) in [6.45, 7) is 0. The van der Waals surface area contributed by atoms with Crippen LogP contribution < -0.4 is 0 Å². The molecular formula is C6H3Cl2F2N. The second-order valence-corrected chi connectivity index (χ2v) is 2.60. The second-order valence-electron chi connectivity index (χ2n) is 1.80. The third-order valence-electron chi connectivity index (χ3n) is 1.05. The molecule has 0 N–H and O–H groups in total. The fourth-order valence-corrected chi connectivity index (χ4v) is 0.928. The summed E-state index contributed by atoms with van der Waals surface area (Å²) < 4.78 is 24.0. The number of aromatic nitrogens is 1. The van der Waals surface area contributed by atoms with Crippen LogP contribution in [0.1, 0.15) is 12.1 Å². The number of nitrogens with zero attached hydrogens (tertiary/aromatic N) is 1. The Balaban J connectivity index is 3.13. The van der Waals surface area contributed by atoms with E-state index in [1.165, 1.54) is 12.1 Å².